The van der Waals surface area contributed by atoms with E-state index in [1.807, 2.05) is 49.7 Å². The number of hydrogen-bond donors (Lipinski definition) is 1. The van der Waals surface area contributed by atoms with Gasteiger partial charge in [-0.05, 0) is 61.0 Å². The molecule has 6 nitrogen and oxygen atoms in total. The van der Waals surface area contributed by atoms with E-state index in [0.29, 0.717) is 5.76 Å². The first kappa shape index (κ1) is 19.2. The molecule has 1 aromatic carbocycles. The molecule has 1 N–H and O–H groups in total. The third-order valence-electron chi connectivity index (χ3n) is 4.35. The molecular weight excluding hydrogens is 410 g/mol. The molecule has 7 heteroatoms. The summed E-state index contributed by atoms with van der Waals surface area (Å²) in [6.45, 7) is 7.01. The molecule has 0 spiro atoms. The van der Waals surface area contributed by atoms with E-state index in [4.69, 9.17) is 9.15 Å². The van der Waals surface area contributed by atoms with Crippen LogP contribution in [-0.2, 0) is 13.2 Å². The van der Waals surface area contributed by atoms with Crippen molar-refractivity contribution >= 4 is 21.8 Å². The van der Waals surface area contributed by atoms with E-state index in [9.17, 15) is 4.79 Å². The number of carbonyl (C=O) groups is 1. The van der Waals surface area contributed by atoms with Gasteiger partial charge in [0, 0.05) is 17.8 Å². The van der Waals surface area contributed by atoms with Crippen LogP contribution in [0.1, 0.15) is 47.5 Å². The number of furan rings is 1. The van der Waals surface area contributed by atoms with Gasteiger partial charge in [0.25, 0.3) is 5.91 Å². The van der Waals surface area contributed by atoms with Crippen LogP contribution < -0.4 is 10.1 Å². The number of halogens is 1. The average Bonchev–Trinajstić information content (AvgIpc) is 3.27. The standard InChI is InChI=1S/C20H22BrN3O3/c1-4-24-14(3)16(11-22-24)13(2)23-20(25)19-10-9-15(27-19)12-26-18-8-6-5-7-17(18)21/h5-11,13H,4,12H2,1-3H3,(H,23,25). The zero-order valence-electron chi connectivity index (χ0n) is 15.5. The maximum absolute atomic E-state index is 12.5. The molecule has 2 heterocycles. The van der Waals surface area contributed by atoms with Gasteiger partial charge in [-0.2, -0.15) is 5.10 Å². The summed E-state index contributed by atoms with van der Waals surface area (Å²) in [6.07, 6.45) is 1.79. The Morgan fingerprint density at radius 1 is 1.33 bits per heavy atom. The minimum atomic E-state index is -0.265. The van der Waals surface area contributed by atoms with Gasteiger partial charge in [0.05, 0.1) is 16.7 Å². The van der Waals surface area contributed by atoms with Gasteiger partial charge in [-0.25, -0.2) is 0 Å². The first-order valence-electron chi connectivity index (χ1n) is 8.78. The lowest BCUT2D eigenvalue weighted by Crippen LogP contribution is -2.26. The summed E-state index contributed by atoms with van der Waals surface area (Å²) < 4.78 is 14.1. The van der Waals surface area contributed by atoms with Gasteiger partial charge in [0.1, 0.15) is 18.1 Å². The fraction of sp³-hybridized carbons (Fsp3) is 0.300. The molecule has 0 radical (unpaired) electrons. The van der Waals surface area contributed by atoms with Crippen molar-refractivity contribution in [2.75, 3.05) is 0 Å². The van der Waals surface area contributed by atoms with Crippen molar-refractivity contribution in [2.24, 2.45) is 0 Å². The lowest BCUT2D eigenvalue weighted by atomic mass is 10.1. The third-order valence-corrected chi connectivity index (χ3v) is 5.00. The third kappa shape index (κ3) is 4.42. The highest BCUT2D eigenvalue weighted by Crippen LogP contribution is 2.25. The van der Waals surface area contributed by atoms with Crippen molar-refractivity contribution in [2.45, 2.75) is 40.0 Å². The summed E-state index contributed by atoms with van der Waals surface area (Å²) in [6, 6.07) is 10.8. The summed E-state index contributed by atoms with van der Waals surface area (Å²) in [5.74, 6) is 1.29. The monoisotopic (exact) mass is 431 g/mol. The van der Waals surface area contributed by atoms with Crippen LogP contribution in [0.5, 0.6) is 5.75 Å². The molecule has 27 heavy (non-hydrogen) atoms. The number of ether oxygens (including phenoxy) is 1. The Balaban J connectivity index is 1.61. The minimum absolute atomic E-state index is 0.164. The van der Waals surface area contributed by atoms with Gasteiger partial charge in [-0.3, -0.25) is 9.48 Å². The van der Waals surface area contributed by atoms with E-state index in [0.717, 1.165) is 28.0 Å². The molecule has 142 valence electrons. The van der Waals surface area contributed by atoms with Crippen LogP contribution in [-0.4, -0.2) is 15.7 Å². The van der Waals surface area contributed by atoms with Crippen LogP contribution in [0.15, 0.2) is 51.5 Å². The van der Waals surface area contributed by atoms with Gasteiger partial charge in [0.2, 0.25) is 0 Å². The molecule has 1 unspecified atom stereocenters. The lowest BCUT2D eigenvalue weighted by Gasteiger charge is -2.13. The molecule has 0 fully saturated rings. The van der Waals surface area contributed by atoms with Gasteiger partial charge in [0.15, 0.2) is 5.76 Å². The molecule has 0 saturated heterocycles. The maximum Gasteiger partial charge on any atom is 0.287 e. The number of amides is 1. The Morgan fingerprint density at radius 3 is 2.81 bits per heavy atom. The number of carbonyl (C=O) groups excluding carboxylic acids is 1. The number of rotatable bonds is 7. The van der Waals surface area contributed by atoms with E-state index >= 15 is 0 Å². The fourth-order valence-corrected chi connectivity index (χ4v) is 3.24. The van der Waals surface area contributed by atoms with Crippen molar-refractivity contribution in [1.82, 2.24) is 15.1 Å². The predicted octanol–water partition coefficient (Wildman–Crippen LogP) is 4.64. The molecule has 0 aliphatic rings. The number of nitrogens with one attached hydrogen (secondary N) is 1. The minimum Gasteiger partial charge on any atom is -0.484 e. The Bertz CT molecular complexity index is 932. The molecule has 0 aliphatic heterocycles. The molecule has 3 rings (SSSR count). The zero-order valence-corrected chi connectivity index (χ0v) is 17.1. The Labute approximate surface area is 166 Å². The molecular formula is C20H22BrN3O3. The Kier molecular flexibility index (Phi) is 6.01. The zero-order chi connectivity index (χ0) is 19.4. The topological polar surface area (TPSA) is 69.3 Å². The number of aromatic nitrogens is 2. The van der Waals surface area contributed by atoms with E-state index < -0.39 is 0 Å². The molecule has 0 aliphatic carbocycles. The molecule has 0 saturated carbocycles. The normalized spacial score (nSPS) is 12.0. The van der Waals surface area contributed by atoms with Gasteiger partial charge in [-0.15, -0.1) is 0 Å². The highest BCUT2D eigenvalue weighted by molar-refractivity contribution is 9.10. The first-order valence-corrected chi connectivity index (χ1v) is 9.58. The molecule has 0 bridgehead atoms. The summed E-state index contributed by atoms with van der Waals surface area (Å²) >= 11 is 3.43. The second-order valence-electron chi connectivity index (χ2n) is 6.18. The van der Waals surface area contributed by atoms with Crippen molar-refractivity contribution in [1.29, 1.82) is 0 Å². The number of para-hydroxylation sites is 1. The van der Waals surface area contributed by atoms with Crippen LogP contribution in [0.3, 0.4) is 0 Å². The van der Waals surface area contributed by atoms with Crippen LogP contribution >= 0.6 is 15.9 Å². The Morgan fingerprint density at radius 2 is 2.11 bits per heavy atom. The molecule has 3 aromatic rings. The summed E-state index contributed by atoms with van der Waals surface area (Å²) in [5, 5.41) is 7.27. The molecule has 2 aromatic heterocycles. The quantitative estimate of drug-likeness (QED) is 0.591. The summed E-state index contributed by atoms with van der Waals surface area (Å²) in [7, 11) is 0. The van der Waals surface area contributed by atoms with E-state index in [1.165, 1.54) is 0 Å². The molecule has 1 amide bonds. The number of hydrogen-bond acceptors (Lipinski definition) is 4. The smallest absolute Gasteiger partial charge is 0.287 e. The van der Waals surface area contributed by atoms with Crippen LogP contribution in [0.25, 0.3) is 0 Å². The summed E-state index contributed by atoms with van der Waals surface area (Å²) in [4.78, 5) is 12.5. The summed E-state index contributed by atoms with van der Waals surface area (Å²) in [5.41, 5.74) is 2.04. The first-order chi connectivity index (χ1) is 13.0. The van der Waals surface area contributed by atoms with Gasteiger partial charge < -0.3 is 14.5 Å². The van der Waals surface area contributed by atoms with Crippen molar-refractivity contribution in [3.63, 3.8) is 0 Å². The molecule has 1 atom stereocenters. The SMILES string of the molecule is CCn1ncc(C(C)NC(=O)c2ccc(COc3ccccc3Br)o2)c1C. The van der Waals surface area contributed by atoms with E-state index in [1.54, 1.807) is 18.3 Å². The number of nitrogens with zero attached hydrogens (tertiary/aromatic N) is 2. The number of aryl methyl sites for hydroxylation is 1. The van der Waals surface area contributed by atoms with Crippen LogP contribution in [0, 0.1) is 6.92 Å². The second kappa shape index (κ2) is 8.43. The van der Waals surface area contributed by atoms with E-state index in [-0.39, 0.29) is 24.3 Å². The highest BCUT2D eigenvalue weighted by atomic mass is 79.9. The van der Waals surface area contributed by atoms with Crippen molar-refractivity contribution in [3.05, 3.63) is 69.8 Å². The predicted molar refractivity (Wildman–Crippen MR) is 106 cm³/mol. The van der Waals surface area contributed by atoms with Gasteiger partial charge >= 0.3 is 0 Å². The maximum atomic E-state index is 12.5. The Hall–Kier alpha value is -2.54. The highest BCUT2D eigenvalue weighted by Gasteiger charge is 2.18. The van der Waals surface area contributed by atoms with E-state index in [2.05, 4.69) is 26.3 Å². The largest absolute Gasteiger partial charge is 0.484 e. The van der Waals surface area contributed by atoms with Crippen molar-refractivity contribution < 1.29 is 13.9 Å². The average molecular weight is 432 g/mol. The number of benzene rings is 1. The second-order valence-corrected chi connectivity index (χ2v) is 7.04. The van der Waals surface area contributed by atoms with Crippen LogP contribution in [0.4, 0.5) is 0 Å². The fourth-order valence-electron chi connectivity index (χ4n) is 2.84. The van der Waals surface area contributed by atoms with Gasteiger partial charge in [-0.1, -0.05) is 12.1 Å². The van der Waals surface area contributed by atoms with Crippen LogP contribution in [0.2, 0.25) is 0 Å². The lowest BCUT2D eigenvalue weighted by molar-refractivity contribution is 0.0907. The van der Waals surface area contributed by atoms with Crippen molar-refractivity contribution in [3.8, 4) is 5.75 Å².